The van der Waals surface area contributed by atoms with Gasteiger partial charge in [0.05, 0.1) is 15.6 Å². The van der Waals surface area contributed by atoms with Crippen LogP contribution in [0, 0.1) is 5.82 Å². The number of anilines is 1. The first kappa shape index (κ1) is 20.8. The maximum Gasteiger partial charge on any atom is 0.255 e. The predicted octanol–water partition coefficient (Wildman–Crippen LogP) is 4.52. The largest absolute Gasteiger partial charge is 0.321 e. The Hall–Kier alpha value is -1.48. The van der Waals surface area contributed by atoms with E-state index >= 15 is 0 Å². The van der Waals surface area contributed by atoms with Gasteiger partial charge in [0.15, 0.2) is 0 Å². The second-order valence-corrected chi connectivity index (χ2v) is 8.60. The van der Waals surface area contributed by atoms with Crippen LogP contribution in [0.4, 0.5) is 10.1 Å². The number of hydrogen-bond acceptors (Lipinski definition) is 3. The number of carbonyl (C=O) groups excluding carboxylic acids is 1. The molecule has 0 aliphatic heterocycles. The molecule has 2 rings (SSSR count). The van der Waals surface area contributed by atoms with E-state index in [1.54, 1.807) is 13.8 Å². The van der Waals surface area contributed by atoms with Crippen LogP contribution in [0.2, 0.25) is 5.02 Å². The molecule has 140 valence electrons. The van der Waals surface area contributed by atoms with Gasteiger partial charge in [0.25, 0.3) is 5.91 Å². The molecule has 0 aliphatic carbocycles. The van der Waals surface area contributed by atoms with Crippen LogP contribution in [-0.2, 0) is 10.0 Å². The van der Waals surface area contributed by atoms with E-state index in [0.29, 0.717) is 17.6 Å². The Morgan fingerprint density at radius 3 is 2.42 bits per heavy atom. The van der Waals surface area contributed by atoms with Gasteiger partial charge in [-0.3, -0.25) is 4.79 Å². The van der Waals surface area contributed by atoms with Crippen LogP contribution in [-0.4, -0.2) is 31.7 Å². The normalized spacial score (nSPS) is 11.6. The lowest BCUT2D eigenvalue weighted by Gasteiger charge is -2.19. The zero-order valence-corrected chi connectivity index (χ0v) is 17.3. The van der Waals surface area contributed by atoms with E-state index in [4.69, 9.17) is 11.6 Å². The van der Waals surface area contributed by atoms with E-state index in [9.17, 15) is 17.6 Å². The second-order valence-electron chi connectivity index (χ2n) is 5.34. The molecule has 0 heterocycles. The van der Waals surface area contributed by atoms with E-state index in [1.165, 1.54) is 34.6 Å². The van der Waals surface area contributed by atoms with Gasteiger partial charge < -0.3 is 5.32 Å². The maximum absolute atomic E-state index is 13.5. The molecule has 0 unspecified atom stereocenters. The van der Waals surface area contributed by atoms with Crippen molar-refractivity contribution in [1.82, 2.24) is 4.31 Å². The maximum atomic E-state index is 13.5. The monoisotopic (exact) mass is 462 g/mol. The van der Waals surface area contributed by atoms with Crippen LogP contribution >= 0.6 is 27.5 Å². The fourth-order valence-corrected chi connectivity index (χ4v) is 4.47. The molecule has 0 atom stereocenters. The third-order valence-corrected chi connectivity index (χ3v) is 6.49. The number of amides is 1. The molecular formula is C17H17BrClFN2O3S. The van der Waals surface area contributed by atoms with Crippen LogP contribution in [0.3, 0.4) is 0 Å². The van der Waals surface area contributed by atoms with Crippen LogP contribution < -0.4 is 5.32 Å². The molecule has 0 radical (unpaired) electrons. The Kier molecular flexibility index (Phi) is 6.79. The Labute approximate surface area is 165 Å². The molecule has 0 bridgehead atoms. The summed E-state index contributed by atoms with van der Waals surface area (Å²) in [4.78, 5) is 12.4. The van der Waals surface area contributed by atoms with Crippen LogP contribution in [0.25, 0.3) is 0 Å². The highest BCUT2D eigenvalue weighted by Crippen LogP contribution is 2.28. The number of rotatable bonds is 6. The summed E-state index contributed by atoms with van der Waals surface area (Å²) in [6.45, 7) is 4.11. The highest BCUT2D eigenvalue weighted by Gasteiger charge is 2.23. The Morgan fingerprint density at radius 1 is 1.19 bits per heavy atom. The van der Waals surface area contributed by atoms with E-state index < -0.39 is 21.7 Å². The molecule has 0 fully saturated rings. The lowest BCUT2D eigenvalue weighted by molar-refractivity contribution is 0.102. The third-order valence-electron chi connectivity index (χ3n) is 3.65. The highest BCUT2D eigenvalue weighted by molar-refractivity contribution is 9.10. The first-order chi connectivity index (χ1) is 12.2. The van der Waals surface area contributed by atoms with Gasteiger partial charge in [-0.05, 0) is 36.4 Å². The van der Waals surface area contributed by atoms with Crippen LogP contribution in [0.1, 0.15) is 24.2 Å². The summed E-state index contributed by atoms with van der Waals surface area (Å²) in [6, 6.07) is 7.82. The summed E-state index contributed by atoms with van der Waals surface area (Å²) >= 11 is 9.20. The van der Waals surface area contributed by atoms with Crippen molar-refractivity contribution in [3.8, 4) is 0 Å². The summed E-state index contributed by atoms with van der Waals surface area (Å²) in [5.41, 5.74) is 0.204. The summed E-state index contributed by atoms with van der Waals surface area (Å²) < 4.78 is 40.4. The first-order valence-electron chi connectivity index (χ1n) is 7.76. The van der Waals surface area contributed by atoms with Gasteiger partial charge in [0, 0.05) is 23.1 Å². The van der Waals surface area contributed by atoms with E-state index in [0.717, 1.165) is 6.07 Å². The minimum Gasteiger partial charge on any atom is -0.321 e. The lowest BCUT2D eigenvalue weighted by atomic mass is 10.2. The van der Waals surface area contributed by atoms with E-state index in [-0.39, 0.29) is 21.2 Å². The minimum absolute atomic E-state index is 0.0151. The molecule has 2 aromatic rings. The molecule has 2 aromatic carbocycles. The van der Waals surface area contributed by atoms with Crippen molar-refractivity contribution in [1.29, 1.82) is 0 Å². The number of hydrogen-bond donors (Lipinski definition) is 1. The van der Waals surface area contributed by atoms with Gasteiger partial charge in [-0.2, -0.15) is 4.31 Å². The average molecular weight is 464 g/mol. The van der Waals surface area contributed by atoms with Gasteiger partial charge in [-0.15, -0.1) is 0 Å². The lowest BCUT2D eigenvalue weighted by Crippen LogP contribution is -2.30. The van der Waals surface area contributed by atoms with Crippen molar-refractivity contribution >= 4 is 49.1 Å². The molecule has 0 saturated carbocycles. The van der Waals surface area contributed by atoms with Gasteiger partial charge >= 0.3 is 0 Å². The molecule has 0 saturated heterocycles. The smallest absolute Gasteiger partial charge is 0.255 e. The number of halogens is 3. The molecule has 0 aliphatic rings. The molecule has 26 heavy (non-hydrogen) atoms. The van der Waals surface area contributed by atoms with Crippen molar-refractivity contribution in [2.24, 2.45) is 0 Å². The summed E-state index contributed by atoms with van der Waals surface area (Å²) in [5, 5.41) is 2.70. The minimum atomic E-state index is -3.70. The van der Waals surface area contributed by atoms with Crippen molar-refractivity contribution < 1.29 is 17.6 Å². The van der Waals surface area contributed by atoms with Crippen molar-refractivity contribution in [3.05, 3.63) is 57.3 Å². The van der Waals surface area contributed by atoms with Gasteiger partial charge in [0.1, 0.15) is 5.82 Å². The molecule has 9 heteroatoms. The molecule has 0 spiro atoms. The van der Waals surface area contributed by atoms with Gasteiger partial charge in [0.2, 0.25) is 10.0 Å². The quantitative estimate of drug-likeness (QED) is 0.685. The SMILES string of the molecule is CCN(CC)S(=O)(=O)c1ccc(Cl)c(NC(=O)c2cc(F)cc(Br)c2)c1. The predicted molar refractivity (Wildman–Crippen MR) is 104 cm³/mol. The fraction of sp³-hybridized carbons (Fsp3) is 0.235. The van der Waals surface area contributed by atoms with Crippen LogP contribution in [0.15, 0.2) is 45.8 Å². The summed E-state index contributed by atoms with van der Waals surface area (Å²) in [7, 11) is -3.70. The zero-order valence-electron chi connectivity index (χ0n) is 14.1. The molecule has 1 amide bonds. The second kappa shape index (κ2) is 8.47. The van der Waals surface area contributed by atoms with E-state index in [1.807, 2.05) is 0 Å². The number of carbonyl (C=O) groups is 1. The number of nitrogens with zero attached hydrogens (tertiary/aromatic N) is 1. The Morgan fingerprint density at radius 2 is 1.85 bits per heavy atom. The van der Waals surface area contributed by atoms with Gasteiger partial charge in [-0.25, -0.2) is 12.8 Å². The number of sulfonamides is 1. The van der Waals surface area contributed by atoms with Gasteiger partial charge in [-0.1, -0.05) is 41.4 Å². The summed E-state index contributed by atoms with van der Waals surface area (Å²) in [5.74, 6) is -1.18. The third kappa shape index (κ3) is 4.62. The number of benzene rings is 2. The molecule has 5 nitrogen and oxygen atoms in total. The fourth-order valence-electron chi connectivity index (χ4n) is 2.35. The zero-order chi connectivity index (χ0) is 19.5. The number of nitrogens with one attached hydrogen (secondary N) is 1. The molecule has 0 aromatic heterocycles. The molecule has 1 N–H and O–H groups in total. The topological polar surface area (TPSA) is 66.5 Å². The van der Waals surface area contributed by atoms with Crippen molar-refractivity contribution in [3.63, 3.8) is 0 Å². The van der Waals surface area contributed by atoms with Crippen molar-refractivity contribution in [2.45, 2.75) is 18.7 Å². The summed E-state index contributed by atoms with van der Waals surface area (Å²) in [6.07, 6.45) is 0. The van der Waals surface area contributed by atoms with Crippen molar-refractivity contribution in [2.75, 3.05) is 18.4 Å². The Bertz CT molecular complexity index is 913. The van der Waals surface area contributed by atoms with E-state index in [2.05, 4.69) is 21.2 Å². The first-order valence-corrected chi connectivity index (χ1v) is 10.4. The average Bonchev–Trinajstić information content (AvgIpc) is 2.56. The van der Waals surface area contributed by atoms with Crippen LogP contribution in [0.5, 0.6) is 0 Å². The Balaban J connectivity index is 2.37. The standard InChI is InChI=1S/C17H17BrClFN2O3S/c1-3-22(4-2)26(24,25)14-5-6-15(19)16(10-14)21-17(23)11-7-12(18)9-13(20)8-11/h5-10H,3-4H2,1-2H3,(H,21,23). The highest BCUT2D eigenvalue weighted by atomic mass is 79.9. The molecular weight excluding hydrogens is 447 g/mol.